The molecule has 1 aliphatic rings. The van der Waals surface area contributed by atoms with Gasteiger partial charge in [-0.1, -0.05) is 18.2 Å². The van der Waals surface area contributed by atoms with Gasteiger partial charge in [0.25, 0.3) is 0 Å². The maximum Gasteiger partial charge on any atom is 0.137 e. The lowest BCUT2D eigenvalue weighted by atomic mass is 10.1. The second-order valence-electron chi connectivity index (χ2n) is 4.10. The smallest absolute Gasteiger partial charge is 0.137 e. The highest BCUT2D eigenvalue weighted by Gasteiger charge is 2.13. The van der Waals surface area contributed by atoms with E-state index < -0.39 is 0 Å². The minimum atomic E-state index is 0.732. The number of aromatic nitrogens is 1. The highest BCUT2D eigenvalue weighted by molar-refractivity contribution is 5.65. The van der Waals surface area contributed by atoms with Gasteiger partial charge in [0.05, 0.1) is 13.3 Å². The Labute approximate surface area is 106 Å². The molecule has 0 aliphatic carbocycles. The van der Waals surface area contributed by atoms with Crippen LogP contribution in [-0.4, -0.2) is 12.1 Å². The average molecular weight is 239 g/mol. The lowest BCUT2D eigenvalue weighted by molar-refractivity contribution is 0.412. The molecule has 90 valence electrons. The lowest BCUT2D eigenvalue weighted by Crippen LogP contribution is -2.04. The molecular weight excluding hydrogens is 226 g/mol. The Balaban J connectivity index is 1.93. The molecule has 0 radical (unpaired) electrons. The Morgan fingerprint density at radius 2 is 2.11 bits per heavy atom. The summed E-state index contributed by atoms with van der Waals surface area (Å²) in [5.41, 5.74) is 2.14. The fraction of sp³-hybridized carbons (Fsp3) is 0.133. The van der Waals surface area contributed by atoms with Crippen molar-refractivity contribution >= 4 is 5.76 Å². The zero-order valence-electron chi connectivity index (χ0n) is 10.1. The summed E-state index contributed by atoms with van der Waals surface area (Å²) >= 11 is 0. The second-order valence-corrected chi connectivity index (χ2v) is 4.10. The molecule has 3 nitrogen and oxygen atoms in total. The number of allylic oxidation sites excluding steroid dienone is 1. The summed E-state index contributed by atoms with van der Waals surface area (Å²) in [4.78, 5) is 4.14. The highest BCUT2D eigenvalue weighted by atomic mass is 16.5. The maximum atomic E-state index is 5.88. The lowest BCUT2D eigenvalue weighted by Gasteiger charge is -2.18. The third kappa shape index (κ3) is 1.95. The Hall–Kier alpha value is -2.29. The fourth-order valence-electron chi connectivity index (χ4n) is 1.98. The molecule has 0 fully saturated rings. The van der Waals surface area contributed by atoms with Crippen molar-refractivity contribution < 1.29 is 9.47 Å². The molecule has 1 aliphatic heterocycles. The van der Waals surface area contributed by atoms with E-state index in [4.69, 9.17) is 9.47 Å². The Morgan fingerprint density at radius 3 is 3.00 bits per heavy atom. The predicted octanol–water partition coefficient (Wildman–Crippen LogP) is 3.07. The molecule has 3 heteroatoms. The summed E-state index contributed by atoms with van der Waals surface area (Å²) in [7, 11) is 1.63. The van der Waals surface area contributed by atoms with E-state index in [0.29, 0.717) is 0 Å². The van der Waals surface area contributed by atoms with E-state index in [1.807, 2.05) is 24.3 Å². The number of ether oxygens (including phenoxy) is 2. The van der Waals surface area contributed by atoms with Crippen LogP contribution in [0.25, 0.3) is 5.76 Å². The molecule has 0 unspecified atom stereocenters. The van der Waals surface area contributed by atoms with Crippen LogP contribution in [0.4, 0.5) is 0 Å². The van der Waals surface area contributed by atoms with Gasteiger partial charge in [0, 0.05) is 11.8 Å². The topological polar surface area (TPSA) is 31.4 Å². The van der Waals surface area contributed by atoms with E-state index >= 15 is 0 Å². The van der Waals surface area contributed by atoms with Gasteiger partial charge in [-0.15, -0.1) is 0 Å². The normalized spacial score (nSPS) is 13.3. The summed E-state index contributed by atoms with van der Waals surface area (Å²) in [6.45, 7) is 0. The molecule has 0 saturated heterocycles. The van der Waals surface area contributed by atoms with E-state index in [0.717, 1.165) is 29.2 Å². The first-order valence-electron chi connectivity index (χ1n) is 5.82. The van der Waals surface area contributed by atoms with Crippen LogP contribution in [0.15, 0.2) is 48.8 Å². The minimum Gasteiger partial charge on any atom is -0.495 e. The van der Waals surface area contributed by atoms with Gasteiger partial charge in [-0.25, -0.2) is 0 Å². The molecule has 3 rings (SSSR count). The van der Waals surface area contributed by atoms with Crippen molar-refractivity contribution in [3.63, 3.8) is 0 Å². The van der Waals surface area contributed by atoms with Gasteiger partial charge in [0.2, 0.25) is 0 Å². The summed E-state index contributed by atoms with van der Waals surface area (Å²) in [5.74, 6) is 2.48. The van der Waals surface area contributed by atoms with Crippen molar-refractivity contribution in [3.8, 4) is 11.5 Å². The van der Waals surface area contributed by atoms with Gasteiger partial charge < -0.3 is 9.47 Å². The Bertz CT molecular complexity index is 605. The van der Waals surface area contributed by atoms with Gasteiger partial charge in [0.15, 0.2) is 0 Å². The average Bonchev–Trinajstić information content (AvgIpc) is 2.47. The molecule has 0 spiro atoms. The Kier molecular flexibility index (Phi) is 2.73. The molecular formula is C15H13NO2. The van der Waals surface area contributed by atoms with E-state index in [2.05, 4.69) is 17.1 Å². The molecule has 18 heavy (non-hydrogen) atoms. The number of rotatable bonds is 2. The standard InChI is InChI=1S/C15H13NO2/c1-17-13-8-12(9-16-10-13)15-7-6-11-4-2-3-5-14(11)18-15/h2-5,7-10H,6H2,1H3. The molecule has 2 aromatic rings. The first-order chi connectivity index (χ1) is 8.86. The van der Waals surface area contributed by atoms with Crippen molar-refractivity contribution in [2.75, 3.05) is 7.11 Å². The molecule has 1 aromatic heterocycles. The van der Waals surface area contributed by atoms with E-state index in [1.165, 1.54) is 5.56 Å². The monoisotopic (exact) mass is 239 g/mol. The van der Waals surface area contributed by atoms with Gasteiger partial charge in [-0.2, -0.15) is 0 Å². The van der Waals surface area contributed by atoms with Crippen LogP contribution in [-0.2, 0) is 6.42 Å². The first kappa shape index (κ1) is 10.8. The Morgan fingerprint density at radius 1 is 1.22 bits per heavy atom. The first-order valence-corrected chi connectivity index (χ1v) is 5.82. The van der Waals surface area contributed by atoms with E-state index in [9.17, 15) is 0 Å². The number of hydrogen-bond acceptors (Lipinski definition) is 3. The van der Waals surface area contributed by atoms with Gasteiger partial charge >= 0.3 is 0 Å². The summed E-state index contributed by atoms with van der Waals surface area (Å²) in [6, 6.07) is 9.98. The van der Waals surface area contributed by atoms with Crippen molar-refractivity contribution in [1.29, 1.82) is 0 Å². The highest BCUT2D eigenvalue weighted by Crippen LogP contribution is 2.30. The fourth-order valence-corrected chi connectivity index (χ4v) is 1.98. The predicted molar refractivity (Wildman–Crippen MR) is 69.5 cm³/mol. The number of methoxy groups -OCH3 is 1. The van der Waals surface area contributed by atoms with Gasteiger partial charge in [-0.3, -0.25) is 4.98 Å². The van der Waals surface area contributed by atoms with Gasteiger partial charge in [0.1, 0.15) is 17.3 Å². The minimum absolute atomic E-state index is 0.732. The quantitative estimate of drug-likeness (QED) is 0.807. The summed E-state index contributed by atoms with van der Waals surface area (Å²) < 4.78 is 11.1. The molecule has 0 N–H and O–H groups in total. The summed E-state index contributed by atoms with van der Waals surface area (Å²) in [5, 5.41) is 0. The molecule has 0 bridgehead atoms. The SMILES string of the molecule is COc1cncc(C2=CCc3ccccc3O2)c1. The molecule has 2 heterocycles. The van der Waals surface area contributed by atoms with E-state index in [-0.39, 0.29) is 0 Å². The van der Waals surface area contributed by atoms with Crippen LogP contribution >= 0.6 is 0 Å². The summed E-state index contributed by atoms with van der Waals surface area (Å²) in [6.07, 6.45) is 6.41. The maximum absolute atomic E-state index is 5.88. The number of benzene rings is 1. The number of para-hydroxylation sites is 1. The van der Waals surface area contributed by atoms with Crippen LogP contribution < -0.4 is 9.47 Å². The third-order valence-corrected chi connectivity index (χ3v) is 2.93. The number of pyridine rings is 1. The largest absolute Gasteiger partial charge is 0.495 e. The molecule has 0 atom stereocenters. The third-order valence-electron chi connectivity index (χ3n) is 2.93. The zero-order valence-corrected chi connectivity index (χ0v) is 10.1. The van der Waals surface area contributed by atoms with E-state index in [1.54, 1.807) is 19.5 Å². The van der Waals surface area contributed by atoms with Gasteiger partial charge in [-0.05, 0) is 30.2 Å². The van der Waals surface area contributed by atoms with Crippen LogP contribution in [0.3, 0.4) is 0 Å². The number of hydrogen-bond donors (Lipinski definition) is 0. The zero-order chi connectivity index (χ0) is 12.4. The van der Waals surface area contributed by atoms with Crippen molar-refractivity contribution in [1.82, 2.24) is 4.98 Å². The van der Waals surface area contributed by atoms with Crippen molar-refractivity contribution in [2.24, 2.45) is 0 Å². The van der Waals surface area contributed by atoms with Crippen LogP contribution in [0.1, 0.15) is 11.1 Å². The van der Waals surface area contributed by atoms with Crippen molar-refractivity contribution in [2.45, 2.75) is 6.42 Å². The molecule has 0 saturated carbocycles. The number of nitrogens with zero attached hydrogens (tertiary/aromatic N) is 1. The van der Waals surface area contributed by atoms with Crippen molar-refractivity contribution in [3.05, 3.63) is 59.9 Å². The van der Waals surface area contributed by atoms with Crippen LogP contribution in [0.5, 0.6) is 11.5 Å². The van der Waals surface area contributed by atoms with Crippen LogP contribution in [0.2, 0.25) is 0 Å². The number of fused-ring (bicyclic) bond motifs is 1. The molecule has 0 amide bonds. The molecule has 1 aromatic carbocycles. The second kappa shape index (κ2) is 4.53. The van der Waals surface area contributed by atoms with Crippen LogP contribution in [0, 0.1) is 0 Å².